The van der Waals surface area contributed by atoms with Crippen LogP contribution >= 0.6 is 0 Å². The molecule has 110 valence electrons. The Labute approximate surface area is 120 Å². The first kappa shape index (κ1) is 15.0. The Morgan fingerprint density at radius 2 is 2.25 bits per heavy atom. The maximum atomic E-state index is 10.9. The van der Waals surface area contributed by atoms with Crippen molar-refractivity contribution >= 4 is 6.29 Å². The normalized spacial score (nSPS) is 15.2. The predicted molar refractivity (Wildman–Crippen MR) is 78.1 cm³/mol. The van der Waals surface area contributed by atoms with Crippen LogP contribution in [0.3, 0.4) is 0 Å². The zero-order valence-electron chi connectivity index (χ0n) is 12.0. The molecule has 0 aromatic heterocycles. The Balaban J connectivity index is 2.13. The Morgan fingerprint density at radius 3 is 2.80 bits per heavy atom. The highest BCUT2D eigenvalue weighted by Gasteiger charge is 2.25. The number of methoxy groups -OCH3 is 1. The Morgan fingerprint density at radius 1 is 1.45 bits per heavy atom. The van der Waals surface area contributed by atoms with Crippen molar-refractivity contribution < 1.29 is 14.6 Å². The van der Waals surface area contributed by atoms with Gasteiger partial charge in [0.15, 0.2) is 0 Å². The van der Waals surface area contributed by atoms with Crippen LogP contribution < -0.4 is 4.74 Å². The second kappa shape index (κ2) is 7.41. The predicted octanol–water partition coefficient (Wildman–Crippen LogP) is 2.24. The summed E-state index contributed by atoms with van der Waals surface area (Å²) in [6.45, 7) is 1.87. The quantitative estimate of drug-likeness (QED) is 0.740. The molecule has 1 aliphatic carbocycles. The van der Waals surface area contributed by atoms with E-state index < -0.39 is 0 Å². The fourth-order valence-electron chi connectivity index (χ4n) is 2.63. The smallest absolute Gasteiger partial charge is 0.150 e. The highest BCUT2D eigenvalue weighted by molar-refractivity contribution is 5.75. The van der Waals surface area contributed by atoms with E-state index in [1.54, 1.807) is 13.2 Å². The molecule has 0 atom stereocenters. The van der Waals surface area contributed by atoms with Crippen LogP contribution in [0.5, 0.6) is 5.75 Å². The van der Waals surface area contributed by atoms with Gasteiger partial charge in [-0.05, 0) is 37.5 Å². The van der Waals surface area contributed by atoms with Crippen molar-refractivity contribution in [1.29, 1.82) is 0 Å². The van der Waals surface area contributed by atoms with E-state index in [1.807, 2.05) is 12.1 Å². The Hall–Kier alpha value is -1.39. The highest BCUT2D eigenvalue weighted by Crippen LogP contribution is 2.29. The van der Waals surface area contributed by atoms with Gasteiger partial charge in [-0.3, -0.25) is 9.69 Å². The minimum Gasteiger partial charge on any atom is -0.496 e. The van der Waals surface area contributed by atoms with Crippen LogP contribution in [0.15, 0.2) is 18.2 Å². The minimum atomic E-state index is 0.217. The molecule has 0 saturated heterocycles. The number of carbonyl (C=O) groups excluding carboxylic acids is 1. The van der Waals surface area contributed by atoms with Crippen LogP contribution in [-0.4, -0.2) is 42.6 Å². The summed E-state index contributed by atoms with van der Waals surface area (Å²) >= 11 is 0. The van der Waals surface area contributed by atoms with E-state index in [-0.39, 0.29) is 6.61 Å². The Bertz CT molecular complexity index is 443. The molecule has 4 nitrogen and oxygen atoms in total. The lowest BCUT2D eigenvalue weighted by atomic mass is 9.91. The van der Waals surface area contributed by atoms with E-state index in [2.05, 4.69) is 4.90 Å². The molecular weight excluding hydrogens is 254 g/mol. The largest absolute Gasteiger partial charge is 0.496 e. The number of hydrogen-bond donors (Lipinski definition) is 1. The van der Waals surface area contributed by atoms with Crippen LogP contribution in [0, 0.1) is 0 Å². The van der Waals surface area contributed by atoms with Crippen LogP contribution in [0.1, 0.15) is 41.6 Å². The number of nitrogens with zero attached hydrogens (tertiary/aromatic N) is 1. The zero-order valence-corrected chi connectivity index (χ0v) is 12.0. The molecule has 2 rings (SSSR count). The lowest BCUT2D eigenvalue weighted by Crippen LogP contribution is -2.40. The number of carbonyl (C=O) groups is 1. The van der Waals surface area contributed by atoms with E-state index in [0.29, 0.717) is 11.6 Å². The van der Waals surface area contributed by atoms with E-state index in [4.69, 9.17) is 9.84 Å². The van der Waals surface area contributed by atoms with Gasteiger partial charge in [0, 0.05) is 36.9 Å². The molecule has 0 spiro atoms. The average Bonchev–Trinajstić information content (AvgIpc) is 2.42. The summed E-state index contributed by atoms with van der Waals surface area (Å²) in [7, 11) is 1.65. The summed E-state index contributed by atoms with van der Waals surface area (Å²) in [5.41, 5.74) is 1.72. The first-order valence-electron chi connectivity index (χ1n) is 7.25. The third kappa shape index (κ3) is 3.58. The van der Waals surface area contributed by atoms with Crippen molar-refractivity contribution in [2.45, 2.75) is 38.3 Å². The van der Waals surface area contributed by atoms with Gasteiger partial charge in [0.2, 0.25) is 0 Å². The molecular formula is C16H23NO3. The monoisotopic (exact) mass is 277 g/mol. The minimum absolute atomic E-state index is 0.217. The molecule has 1 saturated carbocycles. The molecule has 4 heteroatoms. The molecule has 0 unspecified atom stereocenters. The van der Waals surface area contributed by atoms with Crippen LogP contribution in [0.4, 0.5) is 0 Å². The molecule has 0 bridgehead atoms. The van der Waals surface area contributed by atoms with E-state index in [1.165, 1.54) is 19.3 Å². The number of rotatable bonds is 8. The first-order chi connectivity index (χ1) is 9.78. The maximum absolute atomic E-state index is 10.9. The third-order valence-electron chi connectivity index (χ3n) is 4.01. The number of benzene rings is 1. The van der Waals surface area contributed by atoms with E-state index in [0.717, 1.165) is 37.1 Å². The van der Waals surface area contributed by atoms with Crippen molar-refractivity contribution in [3.8, 4) is 5.75 Å². The summed E-state index contributed by atoms with van der Waals surface area (Å²) < 4.78 is 5.39. The van der Waals surface area contributed by atoms with Gasteiger partial charge in [-0.15, -0.1) is 0 Å². The van der Waals surface area contributed by atoms with Gasteiger partial charge in [0.1, 0.15) is 12.0 Å². The summed E-state index contributed by atoms with van der Waals surface area (Å²) in [6.07, 6.45) is 5.38. The first-order valence-corrected chi connectivity index (χ1v) is 7.25. The second-order valence-corrected chi connectivity index (χ2v) is 5.32. The van der Waals surface area contributed by atoms with Gasteiger partial charge in [-0.2, -0.15) is 0 Å². The Kier molecular flexibility index (Phi) is 5.56. The van der Waals surface area contributed by atoms with Crippen LogP contribution in [-0.2, 0) is 6.54 Å². The van der Waals surface area contributed by atoms with Crippen molar-refractivity contribution in [3.05, 3.63) is 29.3 Å². The van der Waals surface area contributed by atoms with Crippen LogP contribution in [0.2, 0.25) is 0 Å². The van der Waals surface area contributed by atoms with Crippen molar-refractivity contribution in [2.75, 3.05) is 20.3 Å². The molecule has 1 fully saturated rings. The third-order valence-corrected chi connectivity index (χ3v) is 4.01. The van der Waals surface area contributed by atoms with Gasteiger partial charge in [0.05, 0.1) is 7.11 Å². The molecule has 1 N–H and O–H groups in total. The van der Waals surface area contributed by atoms with Gasteiger partial charge in [-0.1, -0.05) is 6.42 Å². The summed E-state index contributed by atoms with van der Waals surface area (Å²) in [6, 6.07) is 6.13. The lowest BCUT2D eigenvalue weighted by Gasteiger charge is -2.37. The fourth-order valence-corrected chi connectivity index (χ4v) is 2.63. The fraction of sp³-hybridized carbons (Fsp3) is 0.562. The maximum Gasteiger partial charge on any atom is 0.150 e. The molecule has 1 aliphatic rings. The summed E-state index contributed by atoms with van der Waals surface area (Å²) in [5, 5.41) is 9.04. The molecule has 0 amide bonds. The average molecular weight is 277 g/mol. The van der Waals surface area contributed by atoms with Crippen molar-refractivity contribution in [1.82, 2.24) is 4.90 Å². The number of aliphatic hydroxyl groups is 1. The molecule has 0 radical (unpaired) electrons. The number of hydrogen-bond acceptors (Lipinski definition) is 4. The SMILES string of the molecule is COc1ccc(C=O)cc1CN(CCCO)C1CCC1. The number of aliphatic hydroxyl groups excluding tert-OH is 1. The zero-order chi connectivity index (χ0) is 14.4. The van der Waals surface area contributed by atoms with Gasteiger partial charge in [0.25, 0.3) is 0 Å². The number of aldehydes is 1. The topological polar surface area (TPSA) is 49.8 Å². The van der Waals surface area contributed by atoms with Crippen molar-refractivity contribution in [2.24, 2.45) is 0 Å². The molecule has 1 aromatic rings. The number of ether oxygens (including phenoxy) is 1. The van der Waals surface area contributed by atoms with Crippen LogP contribution in [0.25, 0.3) is 0 Å². The highest BCUT2D eigenvalue weighted by atomic mass is 16.5. The molecule has 0 heterocycles. The van der Waals surface area contributed by atoms with E-state index >= 15 is 0 Å². The molecule has 0 aliphatic heterocycles. The lowest BCUT2D eigenvalue weighted by molar-refractivity contribution is 0.108. The summed E-state index contributed by atoms with van der Waals surface area (Å²) in [4.78, 5) is 13.3. The standard InChI is InChI=1S/C16H23NO3/c1-20-16-7-6-13(12-19)10-14(16)11-17(8-3-9-18)15-4-2-5-15/h6-7,10,12,15,18H,2-5,8-9,11H2,1H3. The summed E-state index contributed by atoms with van der Waals surface area (Å²) in [5.74, 6) is 0.823. The molecule has 20 heavy (non-hydrogen) atoms. The second-order valence-electron chi connectivity index (χ2n) is 5.32. The van der Waals surface area contributed by atoms with Crippen molar-refractivity contribution in [3.63, 3.8) is 0 Å². The van der Waals surface area contributed by atoms with Gasteiger partial charge < -0.3 is 9.84 Å². The van der Waals surface area contributed by atoms with Gasteiger partial charge >= 0.3 is 0 Å². The molecule has 1 aromatic carbocycles. The van der Waals surface area contributed by atoms with E-state index in [9.17, 15) is 4.79 Å². The van der Waals surface area contributed by atoms with Gasteiger partial charge in [-0.25, -0.2) is 0 Å².